The van der Waals surface area contributed by atoms with Crippen molar-refractivity contribution in [3.05, 3.63) is 0 Å². The van der Waals surface area contributed by atoms with E-state index in [1.54, 1.807) is 44.9 Å². The van der Waals surface area contributed by atoms with Gasteiger partial charge in [-0.2, -0.15) is 0 Å². The van der Waals surface area contributed by atoms with Crippen LogP contribution in [0.5, 0.6) is 0 Å². The quantitative estimate of drug-likeness (QED) is 0.497. The smallest absolute Gasteiger partial charge is 0.0355 e. The Labute approximate surface area is 69.4 Å². The first-order valence-corrected chi connectivity index (χ1v) is 5.45. The van der Waals surface area contributed by atoms with Crippen molar-refractivity contribution in [3.8, 4) is 0 Å². The lowest BCUT2D eigenvalue weighted by molar-refractivity contribution is 0.144. The van der Waals surface area contributed by atoms with Gasteiger partial charge in [0.15, 0.2) is 0 Å². The molecule has 3 saturated carbocycles. The van der Waals surface area contributed by atoms with Crippen LogP contribution in [-0.4, -0.2) is 0 Å². The zero-order valence-electron chi connectivity index (χ0n) is 7.26. The van der Waals surface area contributed by atoms with Crippen LogP contribution < -0.4 is 0 Å². The molecule has 0 aromatic heterocycles. The van der Waals surface area contributed by atoms with Gasteiger partial charge in [0.1, 0.15) is 0 Å². The van der Waals surface area contributed by atoms with Crippen LogP contribution in [0.3, 0.4) is 0 Å². The van der Waals surface area contributed by atoms with Crippen molar-refractivity contribution in [1.29, 1.82) is 0 Å². The van der Waals surface area contributed by atoms with Gasteiger partial charge < -0.3 is 0 Å². The van der Waals surface area contributed by atoms with Crippen LogP contribution >= 0.6 is 0 Å². The summed E-state index contributed by atoms with van der Waals surface area (Å²) in [6.45, 7) is 0. The Bertz CT molecular complexity index is 161. The number of hydrogen-bond donors (Lipinski definition) is 0. The maximum absolute atomic E-state index is 1.62. The Morgan fingerprint density at radius 1 is 0.636 bits per heavy atom. The van der Waals surface area contributed by atoms with Crippen molar-refractivity contribution < 1.29 is 0 Å². The first-order chi connectivity index (χ1) is 5.45. The lowest BCUT2D eigenvalue weighted by Gasteiger charge is -2.36. The maximum Gasteiger partial charge on any atom is -0.0355 e. The first-order valence-electron chi connectivity index (χ1n) is 5.45. The van der Waals surface area contributed by atoms with Crippen molar-refractivity contribution in [2.75, 3.05) is 0 Å². The summed E-state index contributed by atoms with van der Waals surface area (Å²) in [5.74, 6) is 4.78. The predicted octanol–water partition coefficient (Wildman–Crippen LogP) is 3.22. The molecule has 3 aliphatic rings. The number of rotatable bonds is 0. The van der Waals surface area contributed by atoms with Crippen molar-refractivity contribution in [2.45, 2.75) is 44.9 Å². The molecule has 62 valence electrons. The highest BCUT2D eigenvalue weighted by Gasteiger charge is 2.47. The van der Waals surface area contributed by atoms with E-state index in [0.717, 1.165) is 0 Å². The molecule has 11 heavy (non-hydrogen) atoms. The second-order valence-electron chi connectivity index (χ2n) is 4.95. The van der Waals surface area contributed by atoms with Crippen LogP contribution in [0.2, 0.25) is 0 Å². The van der Waals surface area contributed by atoms with Gasteiger partial charge in [0, 0.05) is 0 Å². The molecule has 4 atom stereocenters. The second kappa shape index (κ2) is 2.24. The third-order valence-electron chi connectivity index (χ3n) is 4.60. The van der Waals surface area contributed by atoms with E-state index in [9.17, 15) is 0 Å². The van der Waals surface area contributed by atoms with Crippen LogP contribution in [0.4, 0.5) is 0 Å². The summed E-state index contributed by atoms with van der Waals surface area (Å²) < 4.78 is 0. The second-order valence-corrected chi connectivity index (χ2v) is 4.95. The molecule has 3 fully saturated rings. The van der Waals surface area contributed by atoms with Crippen molar-refractivity contribution in [3.63, 3.8) is 0 Å². The highest BCUT2D eigenvalue weighted by molar-refractivity contribution is 4.97. The fourth-order valence-corrected chi connectivity index (χ4v) is 3.93. The molecule has 0 bridgehead atoms. The standard InChI is InChI=1S/C11H18/c1-2-4-10-8(3-1)7-9-5-6-11(9)10/h8-11H,1-7H2. The summed E-state index contributed by atoms with van der Waals surface area (Å²) in [5, 5.41) is 0. The van der Waals surface area contributed by atoms with Gasteiger partial charge >= 0.3 is 0 Å². The Morgan fingerprint density at radius 2 is 1.36 bits per heavy atom. The molecule has 0 nitrogen and oxygen atoms in total. The summed E-state index contributed by atoms with van der Waals surface area (Å²) in [7, 11) is 0. The molecule has 0 radical (unpaired) electrons. The molecule has 0 heterocycles. The monoisotopic (exact) mass is 150 g/mol. The summed E-state index contributed by atoms with van der Waals surface area (Å²) in [4.78, 5) is 0. The minimum absolute atomic E-state index is 1.18. The topological polar surface area (TPSA) is 0 Å². The first kappa shape index (κ1) is 6.51. The van der Waals surface area contributed by atoms with E-state index >= 15 is 0 Å². The summed E-state index contributed by atoms with van der Waals surface area (Å²) >= 11 is 0. The minimum atomic E-state index is 1.18. The molecular formula is C11H18. The lowest BCUT2D eigenvalue weighted by atomic mass is 9.70. The molecule has 0 saturated heterocycles. The van der Waals surface area contributed by atoms with Gasteiger partial charge in [-0.3, -0.25) is 0 Å². The zero-order chi connectivity index (χ0) is 7.26. The van der Waals surface area contributed by atoms with Gasteiger partial charge in [0.2, 0.25) is 0 Å². The summed E-state index contributed by atoms with van der Waals surface area (Å²) in [6.07, 6.45) is 11.0. The van der Waals surface area contributed by atoms with Crippen LogP contribution in [0, 0.1) is 23.7 Å². The van der Waals surface area contributed by atoms with E-state index in [-0.39, 0.29) is 0 Å². The van der Waals surface area contributed by atoms with Crippen molar-refractivity contribution >= 4 is 0 Å². The van der Waals surface area contributed by atoms with Crippen LogP contribution in [-0.2, 0) is 0 Å². The van der Waals surface area contributed by atoms with Crippen molar-refractivity contribution in [1.82, 2.24) is 0 Å². The highest BCUT2D eigenvalue weighted by atomic mass is 14.5. The van der Waals surface area contributed by atoms with Gasteiger partial charge in [-0.1, -0.05) is 19.3 Å². The predicted molar refractivity (Wildman–Crippen MR) is 46.3 cm³/mol. The molecule has 0 aromatic carbocycles. The number of hydrogen-bond acceptors (Lipinski definition) is 0. The third-order valence-corrected chi connectivity index (χ3v) is 4.60. The third kappa shape index (κ3) is 0.816. The van der Waals surface area contributed by atoms with Gasteiger partial charge in [-0.05, 0) is 49.4 Å². The molecule has 0 aromatic rings. The Kier molecular flexibility index (Phi) is 1.33. The molecule has 3 aliphatic carbocycles. The normalized spacial score (nSPS) is 54.5. The Morgan fingerprint density at radius 3 is 2.18 bits per heavy atom. The lowest BCUT2D eigenvalue weighted by Crippen LogP contribution is -2.26. The van der Waals surface area contributed by atoms with E-state index in [1.165, 1.54) is 23.7 Å². The van der Waals surface area contributed by atoms with E-state index in [4.69, 9.17) is 0 Å². The zero-order valence-corrected chi connectivity index (χ0v) is 7.26. The average molecular weight is 150 g/mol. The molecule has 3 rings (SSSR count). The highest BCUT2D eigenvalue weighted by Crippen LogP contribution is 2.57. The molecule has 0 N–H and O–H groups in total. The van der Waals surface area contributed by atoms with E-state index in [2.05, 4.69) is 0 Å². The average Bonchev–Trinajstić information content (AvgIpc) is 2.23. The van der Waals surface area contributed by atoms with E-state index < -0.39 is 0 Å². The maximum atomic E-state index is 1.62. The van der Waals surface area contributed by atoms with Gasteiger partial charge in [-0.15, -0.1) is 0 Å². The van der Waals surface area contributed by atoms with Gasteiger partial charge in [0.05, 0.1) is 0 Å². The molecular weight excluding hydrogens is 132 g/mol. The molecule has 4 unspecified atom stereocenters. The van der Waals surface area contributed by atoms with Crippen molar-refractivity contribution in [2.24, 2.45) is 23.7 Å². The number of fused-ring (bicyclic) bond motifs is 3. The van der Waals surface area contributed by atoms with Gasteiger partial charge in [0.25, 0.3) is 0 Å². The van der Waals surface area contributed by atoms with Crippen LogP contribution in [0.15, 0.2) is 0 Å². The molecule has 0 aliphatic heterocycles. The Hall–Kier alpha value is 0. The molecule has 0 heteroatoms. The van der Waals surface area contributed by atoms with Crippen LogP contribution in [0.1, 0.15) is 44.9 Å². The minimum Gasteiger partial charge on any atom is -0.0530 e. The van der Waals surface area contributed by atoms with E-state index in [0.29, 0.717) is 0 Å². The van der Waals surface area contributed by atoms with Crippen LogP contribution in [0.25, 0.3) is 0 Å². The largest absolute Gasteiger partial charge is 0.0530 e. The SMILES string of the molecule is C1CCC2C(C1)CC1CCC12. The molecule has 0 spiro atoms. The fourth-order valence-electron chi connectivity index (χ4n) is 3.93. The van der Waals surface area contributed by atoms with Gasteiger partial charge in [-0.25, -0.2) is 0 Å². The summed E-state index contributed by atoms with van der Waals surface area (Å²) in [6, 6.07) is 0. The van der Waals surface area contributed by atoms with E-state index in [1.807, 2.05) is 0 Å². The summed E-state index contributed by atoms with van der Waals surface area (Å²) in [5.41, 5.74) is 0. The molecule has 0 amide bonds. The Balaban J connectivity index is 1.79. The fraction of sp³-hybridized carbons (Fsp3) is 1.00.